The third-order valence-electron chi connectivity index (χ3n) is 7.21. The molecule has 3 aromatic carbocycles. The van der Waals surface area contributed by atoms with E-state index < -0.39 is 18.4 Å². The molecule has 10 heteroatoms. The number of pyridine rings is 1. The first-order chi connectivity index (χ1) is 21.9. The number of ether oxygens (including phenoxy) is 3. The Hall–Kier alpha value is -4.48. The van der Waals surface area contributed by atoms with Crippen LogP contribution in [0, 0.1) is 0 Å². The SMILES string of the molecule is C=CCOC(=O)NCc1cccc(-c2cccc([C@@H]3O[C@H](CSc4ncccc4C(=O)O)C[C@H](c4ccc(CO)cc4)O3)c2)c1. The molecule has 0 saturated carbocycles. The number of benzene rings is 3. The van der Waals surface area contributed by atoms with Gasteiger partial charge in [0, 0.05) is 30.5 Å². The highest BCUT2D eigenvalue weighted by atomic mass is 32.2. The summed E-state index contributed by atoms with van der Waals surface area (Å²) in [6.07, 6.45) is 1.91. The summed E-state index contributed by atoms with van der Waals surface area (Å²) in [6, 6.07) is 26.6. The molecule has 0 unspecified atom stereocenters. The number of nitrogens with zero attached hydrogens (tertiary/aromatic N) is 1. The van der Waals surface area contributed by atoms with Crippen molar-refractivity contribution >= 4 is 23.8 Å². The summed E-state index contributed by atoms with van der Waals surface area (Å²) in [5, 5.41) is 22.3. The van der Waals surface area contributed by atoms with Gasteiger partial charge in [-0.05, 0) is 52.1 Å². The van der Waals surface area contributed by atoms with Crippen molar-refractivity contribution < 1.29 is 34.0 Å². The highest BCUT2D eigenvalue weighted by Crippen LogP contribution is 2.40. The third kappa shape index (κ3) is 8.58. The number of hydrogen-bond donors (Lipinski definition) is 3. The van der Waals surface area contributed by atoms with E-state index in [1.165, 1.54) is 17.8 Å². The van der Waals surface area contributed by atoms with Crippen molar-refractivity contribution in [2.24, 2.45) is 0 Å². The van der Waals surface area contributed by atoms with E-state index >= 15 is 0 Å². The number of aliphatic hydroxyl groups excluding tert-OH is 1. The molecule has 3 N–H and O–H groups in total. The first kappa shape index (κ1) is 31.9. The standard InChI is InChI=1S/C35H34N2O7S/c1-2-16-42-35(41)37-20-24-6-3-7-26(17-24)27-8-4-9-28(18-27)34-43-29(22-45-32-30(33(39)40)10-5-15-36-32)19-31(44-34)25-13-11-23(21-38)12-14-25/h2-15,17-18,29,31,34,38H,1,16,19-22H2,(H,37,41)(H,39,40)/t29-,31+,34+/m0/s1. The fraction of sp³-hybridized carbons (Fsp3) is 0.229. The number of carbonyl (C=O) groups excluding carboxylic acids is 1. The van der Waals surface area contributed by atoms with Crippen molar-refractivity contribution in [1.29, 1.82) is 0 Å². The molecule has 5 rings (SSSR count). The summed E-state index contributed by atoms with van der Waals surface area (Å²) in [6.45, 7) is 3.96. The van der Waals surface area contributed by atoms with E-state index in [0.717, 1.165) is 33.4 Å². The molecule has 0 aliphatic carbocycles. The first-order valence-corrected chi connectivity index (χ1v) is 15.4. The average Bonchev–Trinajstić information content (AvgIpc) is 3.09. The Morgan fingerprint density at radius 1 is 0.978 bits per heavy atom. The number of nitrogens with one attached hydrogen (secondary N) is 1. The van der Waals surface area contributed by atoms with Gasteiger partial charge in [0.1, 0.15) is 11.6 Å². The maximum atomic E-state index is 11.9. The molecule has 1 amide bonds. The van der Waals surface area contributed by atoms with Crippen LogP contribution in [-0.4, -0.2) is 45.7 Å². The molecule has 1 aliphatic heterocycles. The second kappa shape index (κ2) is 15.5. The van der Waals surface area contributed by atoms with Crippen LogP contribution >= 0.6 is 11.8 Å². The van der Waals surface area contributed by atoms with E-state index in [1.807, 2.05) is 72.8 Å². The lowest BCUT2D eigenvalue weighted by molar-refractivity contribution is -0.245. The lowest BCUT2D eigenvalue weighted by Gasteiger charge is -2.36. The first-order valence-electron chi connectivity index (χ1n) is 14.5. The smallest absolute Gasteiger partial charge is 0.407 e. The van der Waals surface area contributed by atoms with E-state index in [0.29, 0.717) is 23.7 Å². The molecule has 0 spiro atoms. The summed E-state index contributed by atoms with van der Waals surface area (Å²) in [5.41, 5.74) is 5.59. The molecule has 0 bridgehead atoms. The highest BCUT2D eigenvalue weighted by Gasteiger charge is 2.33. The number of rotatable bonds is 12. The number of aromatic carboxylic acids is 1. The molecule has 1 saturated heterocycles. The van der Waals surface area contributed by atoms with Crippen molar-refractivity contribution in [1.82, 2.24) is 10.3 Å². The van der Waals surface area contributed by atoms with Crippen LogP contribution in [0.2, 0.25) is 0 Å². The van der Waals surface area contributed by atoms with E-state index in [1.54, 1.807) is 18.3 Å². The van der Waals surface area contributed by atoms with Crippen molar-refractivity contribution in [3.8, 4) is 11.1 Å². The fourth-order valence-electron chi connectivity index (χ4n) is 4.95. The summed E-state index contributed by atoms with van der Waals surface area (Å²) in [5.74, 6) is -0.547. The second-order valence-corrected chi connectivity index (χ2v) is 11.4. The summed E-state index contributed by atoms with van der Waals surface area (Å²) < 4.78 is 18.0. The minimum absolute atomic E-state index is 0.0454. The summed E-state index contributed by atoms with van der Waals surface area (Å²) in [4.78, 5) is 27.9. The van der Waals surface area contributed by atoms with Crippen LogP contribution in [0.4, 0.5) is 4.79 Å². The van der Waals surface area contributed by atoms with Crippen LogP contribution in [0.3, 0.4) is 0 Å². The largest absolute Gasteiger partial charge is 0.478 e. The molecule has 2 heterocycles. The number of carboxylic acids is 1. The van der Waals surface area contributed by atoms with Crippen LogP contribution < -0.4 is 5.32 Å². The Kier molecular flexibility index (Phi) is 11.0. The predicted octanol–water partition coefficient (Wildman–Crippen LogP) is 6.69. The van der Waals surface area contributed by atoms with Crippen molar-refractivity contribution in [2.75, 3.05) is 12.4 Å². The topological polar surface area (TPSA) is 127 Å². The van der Waals surface area contributed by atoms with Gasteiger partial charge in [-0.1, -0.05) is 73.3 Å². The van der Waals surface area contributed by atoms with Crippen LogP contribution in [0.5, 0.6) is 0 Å². The van der Waals surface area contributed by atoms with Gasteiger partial charge in [-0.15, -0.1) is 11.8 Å². The van der Waals surface area contributed by atoms with E-state index in [4.69, 9.17) is 14.2 Å². The van der Waals surface area contributed by atoms with Gasteiger partial charge in [0.25, 0.3) is 0 Å². The number of aliphatic hydroxyl groups is 1. The van der Waals surface area contributed by atoms with Gasteiger partial charge in [0.05, 0.1) is 24.4 Å². The molecule has 1 aromatic heterocycles. The van der Waals surface area contributed by atoms with E-state index in [9.17, 15) is 19.8 Å². The second-order valence-electron chi connectivity index (χ2n) is 10.4. The average molecular weight is 627 g/mol. The zero-order valence-corrected chi connectivity index (χ0v) is 25.3. The Balaban J connectivity index is 1.36. The molecular weight excluding hydrogens is 592 g/mol. The number of alkyl carbamates (subject to hydrolysis) is 1. The fourth-order valence-corrected chi connectivity index (χ4v) is 5.95. The van der Waals surface area contributed by atoms with E-state index in [2.05, 4.69) is 16.9 Å². The Bertz CT molecular complexity index is 1630. The highest BCUT2D eigenvalue weighted by molar-refractivity contribution is 7.99. The normalized spacial score (nSPS) is 17.8. The minimum atomic E-state index is -1.03. The maximum Gasteiger partial charge on any atom is 0.407 e. The lowest BCUT2D eigenvalue weighted by atomic mass is 9.99. The van der Waals surface area contributed by atoms with Gasteiger partial charge in [-0.2, -0.15) is 0 Å². The predicted molar refractivity (Wildman–Crippen MR) is 171 cm³/mol. The molecule has 45 heavy (non-hydrogen) atoms. The van der Waals surface area contributed by atoms with Crippen molar-refractivity contribution in [3.63, 3.8) is 0 Å². The monoisotopic (exact) mass is 626 g/mol. The molecule has 4 aromatic rings. The molecular formula is C35H34N2O7S. The van der Waals surface area contributed by atoms with Gasteiger partial charge in [-0.3, -0.25) is 0 Å². The summed E-state index contributed by atoms with van der Waals surface area (Å²) >= 11 is 1.35. The van der Waals surface area contributed by atoms with Crippen molar-refractivity contribution in [2.45, 2.75) is 43.1 Å². The van der Waals surface area contributed by atoms with Gasteiger partial charge in [-0.25, -0.2) is 14.6 Å². The molecule has 9 nitrogen and oxygen atoms in total. The number of thioether (sulfide) groups is 1. The minimum Gasteiger partial charge on any atom is -0.478 e. The maximum absolute atomic E-state index is 11.9. The Morgan fingerprint density at radius 3 is 2.51 bits per heavy atom. The number of carbonyl (C=O) groups is 2. The molecule has 0 radical (unpaired) electrons. The molecule has 1 fully saturated rings. The van der Waals surface area contributed by atoms with Gasteiger partial charge < -0.3 is 29.7 Å². The molecule has 1 aliphatic rings. The zero-order valence-electron chi connectivity index (χ0n) is 24.5. The number of aromatic nitrogens is 1. The number of carboxylic acid groups (broad SMARTS) is 1. The number of hydrogen-bond acceptors (Lipinski definition) is 8. The third-order valence-corrected chi connectivity index (χ3v) is 8.35. The van der Waals surface area contributed by atoms with Crippen LogP contribution in [0.1, 0.15) is 51.4 Å². The molecule has 3 atom stereocenters. The van der Waals surface area contributed by atoms with Gasteiger partial charge >= 0.3 is 12.1 Å². The molecule has 232 valence electrons. The summed E-state index contributed by atoms with van der Waals surface area (Å²) in [7, 11) is 0. The van der Waals surface area contributed by atoms with Gasteiger partial charge in [0.2, 0.25) is 0 Å². The van der Waals surface area contributed by atoms with Crippen molar-refractivity contribution in [3.05, 3.63) is 132 Å². The van der Waals surface area contributed by atoms with Crippen LogP contribution in [-0.2, 0) is 27.4 Å². The van der Waals surface area contributed by atoms with Crippen LogP contribution in [0.25, 0.3) is 11.1 Å². The number of amides is 1. The lowest BCUT2D eigenvalue weighted by Crippen LogP contribution is -2.31. The van der Waals surface area contributed by atoms with E-state index in [-0.39, 0.29) is 31.0 Å². The Labute approximate surface area is 265 Å². The Morgan fingerprint density at radius 2 is 1.76 bits per heavy atom. The van der Waals surface area contributed by atoms with Gasteiger partial charge in [0.15, 0.2) is 6.29 Å². The van der Waals surface area contributed by atoms with Crippen LogP contribution in [0.15, 0.2) is 109 Å². The zero-order chi connectivity index (χ0) is 31.6. The quantitative estimate of drug-likeness (QED) is 0.116.